The number of sulfone groups is 1. The van der Waals surface area contributed by atoms with Crippen LogP contribution in [0, 0.1) is 0 Å². The van der Waals surface area contributed by atoms with E-state index in [-0.39, 0.29) is 5.75 Å². The molecule has 2 aromatic carbocycles. The standard InChI is InChI=1S/C15H13F4NO3S/c16-14(17)23-12-5-1-10(2-6-12)9-20-11-3-7-13(8-4-11)24(21,22)15(18)19/h1-8,14-15,20H,9H2. The van der Waals surface area contributed by atoms with Crippen LogP contribution in [-0.4, -0.2) is 20.8 Å². The van der Waals surface area contributed by atoms with Gasteiger partial charge in [0.05, 0.1) is 4.90 Å². The van der Waals surface area contributed by atoms with Gasteiger partial charge in [0, 0.05) is 12.2 Å². The molecule has 2 aromatic rings. The van der Waals surface area contributed by atoms with Gasteiger partial charge in [0.2, 0.25) is 9.84 Å². The molecule has 0 aliphatic carbocycles. The Morgan fingerprint density at radius 1 is 0.917 bits per heavy atom. The second kappa shape index (κ2) is 7.52. The van der Waals surface area contributed by atoms with Crippen molar-refractivity contribution in [3.63, 3.8) is 0 Å². The van der Waals surface area contributed by atoms with Crippen LogP contribution in [0.4, 0.5) is 23.2 Å². The zero-order valence-electron chi connectivity index (χ0n) is 12.1. The van der Waals surface area contributed by atoms with Crippen molar-refractivity contribution in [2.75, 3.05) is 5.32 Å². The third-order valence-corrected chi connectivity index (χ3v) is 4.46. The lowest BCUT2D eigenvalue weighted by molar-refractivity contribution is -0.0498. The molecular weight excluding hydrogens is 350 g/mol. The molecule has 1 N–H and O–H groups in total. The van der Waals surface area contributed by atoms with Crippen molar-refractivity contribution < 1.29 is 30.7 Å². The summed E-state index contributed by atoms with van der Waals surface area (Å²) in [5.74, 6) is -3.43. The highest BCUT2D eigenvalue weighted by atomic mass is 32.2. The number of nitrogens with one attached hydrogen (secondary N) is 1. The van der Waals surface area contributed by atoms with Crippen molar-refractivity contribution >= 4 is 15.5 Å². The number of ether oxygens (including phenoxy) is 1. The van der Waals surface area contributed by atoms with Gasteiger partial charge in [-0.25, -0.2) is 8.42 Å². The van der Waals surface area contributed by atoms with Crippen LogP contribution >= 0.6 is 0 Å². The van der Waals surface area contributed by atoms with E-state index in [1.165, 1.54) is 24.3 Å². The highest BCUT2D eigenvalue weighted by molar-refractivity contribution is 7.91. The van der Waals surface area contributed by atoms with Gasteiger partial charge in [-0.15, -0.1) is 0 Å². The van der Waals surface area contributed by atoms with Crippen molar-refractivity contribution in [3.05, 3.63) is 54.1 Å². The van der Waals surface area contributed by atoms with E-state index < -0.39 is 27.1 Å². The molecule has 0 aliphatic rings. The van der Waals surface area contributed by atoms with Gasteiger partial charge in [-0.2, -0.15) is 17.6 Å². The molecular formula is C15H13F4NO3S. The van der Waals surface area contributed by atoms with Gasteiger partial charge >= 0.3 is 12.4 Å². The summed E-state index contributed by atoms with van der Waals surface area (Å²) in [7, 11) is -4.61. The Kier molecular flexibility index (Phi) is 5.66. The van der Waals surface area contributed by atoms with E-state index in [0.29, 0.717) is 12.2 Å². The van der Waals surface area contributed by atoms with Gasteiger partial charge in [-0.05, 0) is 42.0 Å². The number of alkyl halides is 4. The third-order valence-electron chi connectivity index (χ3n) is 3.06. The summed E-state index contributed by atoms with van der Waals surface area (Å²) in [5, 5.41) is 2.96. The number of halogens is 4. The Bertz CT molecular complexity index is 762. The monoisotopic (exact) mass is 363 g/mol. The minimum Gasteiger partial charge on any atom is -0.435 e. The highest BCUT2D eigenvalue weighted by Crippen LogP contribution is 2.21. The van der Waals surface area contributed by atoms with Crippen LogP contribution < -0.4 is 10.1 Å². The average molecular weight is 363 g/mol. The van der Waals surface area contributed by atoms with Crippen LogP contribution in [0.2, 0.25) is 0 Å². The van der Waals surface area contributed by atoms with Crippen molar-refractivity contribution in [2.24, 2.45) is 0 Å². The number of hydrogen-bond acceptors (Lipinski definition) is 4. The molecule has 2 rings (SSSR count). The molecule has 0 saturated heterocycles. The molecule has 0 atom stereocenters. The topological polar surface area (TPSA) is 55.4 Å². The van der Waals surface area contributed by atoms with Crippen molar-refractivity contribution in [2.45, 2.75) is 23.8 Å². The van der Waals surface area contributed by atoms with Crippen LogP contribution in [0.3, 0.4) is 0 Å². The predicted octanol–water partition coefficient (Wildman–Crippen LogP) is 3.90. The lowest BCUT2D eigenvalue weighted by Gasteiger charge is -2.09. The summed E-state index contributed by atoms with van der Waals surface area (Å²) in [4.78, 5) is -0.462. The SMILES string of the molecule is O=S(=O)(c1ccc(NCc2ccc(OC(F)F)cc2)cc1)C(F)F. The molecule has 0 bridgehead atoms. The molecule has 0 fully saturated rings. The fraction of sp³-hybridized carbons (Fsp3) is 0.200. The summed E-state index contributed by atoms with van der Waals surface area (Å²) >= 11 is 0. The second-order valence-corrected chi connectivity index (χ2v) is 6.62. The molecule has 0 amide bonds. The lowest BCUT2D eigenvalue weighted by atomic mass is 10.2. The van der Waals surface area contributed by atoms with Crippen LogP contribution in [-0.2, 0) is 16.4 Å². The predicted molar refractivity (Wildman–Crippen MR) is 80.0 cm³/mol. The van der Waals surface area contributed by atoms with E-state index >= 15 is 0 Å². The first-order valence-electron chi connectivity index (χ1n) is 6.69. The average Bonchev–Trinajstić information content (AvgIpc) is 2.54. The fourth-order valence-corrected chi connectivity index (χ4v) is 2.58. The van der Waals surface area contributed by atoms with E-state index in [1.807, 2.05) is 0 Å². The number of anilines is 1. The number of hydrogen-bond donors (Lipinski definition) is 1. The zero-order valence-corrected chi connectivity index (χ0v) is 12.9. The maximum Gasteiger partial charge on any atom is 0.387 e. The summed E-state index contributed by atoms with van der Waals surface area (Å²) in [6.07, 6.45) is 0. The summed E-state index contributed by atoms with van der Waals surface area (Å²) in [6.45, 7) is -2.56. The molecule has 130 valence electrons. The molecule has 0 radical (unpaired) electrons. The van der Waals surface area contributed by atoms with E-state index in [1.54, 1.807) is 12.1 Å². The maximum atomic E-state index is 12.4. The van der Waals surface area contributed by atoms with Gasteiger partial charge in [0.1, 0.15) is 5.75 Å². The van der Waals surface area contributed by atoms with Gasteiger partial charge < -0.3 is 10.1 Å². The Balaban J connectivity index is 1.97. The minimum absolute atomic E-state index is 0.0373. The summed E-state index contributed by atoms with van der Waals surface area (Å²) in [6, 6.07) is 10.9. The van der Waals surface area contributed by atoms with Gasteiger partial charge in [0.25, 0.3) is 0 Å². The number of benzene rings is 2. The van der Waals surface area contributed by atoms with Crippen LogP contribution in [0.15, 0.2) is 53.4 Å². The van der Waals surface area contributed by atoms with Crippen LogP contribution in [0.1, 0.15) is 5.56 Å². The molecule has 0 aliphatic heterocycles. The van der Waals surface area contributed by atoms with Crippen LogP contribution in [0.5, 0.6) is 5.75 Å². The number of rotatable bonds is 7. The first kappa shape index (κ1) is 18.1. The van der Waals surface area contributed by atoms with E-state index in [2.05, 4.69) is 10.1 Å². The largest absolute Gasteiger partial charge is 0.435 e. The van der Waals surface area contributed by atoms with Crippen LogP contribution in [0.25, 0.3) is 0 Å². The van der Waals surface area contributed by atoms with Gasteiger partial charge in [0.15, 0.2) is 0 Å². The Labute approximate surface area is 136 Å². The van der Waals surface area contributed by atoms with Crippen molar-refractivity contribution in [1.82, 2.24) is 0 Å². The zero-order chi connectivity index (χ0) is 17.7. The Hall–Kier alpha value is -2.29. The lowest BCUT2D eigenvalue weighted by Crippen LogP contribution is -2.11. The smallest absolute Gasteiger partial charge is 0.387 e. The molecule has 0 saturated carbocycles. The third kappa shape index (κ3) is 4.60. The molecule has 4 nitrogen and oxygen atoms in total. The van der Waals surface area contributed by atoms with Gasteiger partial charge in [-0.1, -0.05) is 12.1 Å². The van der Waals surface area contributed by atoms with Gasteiger partial charge in [-0.3, -0.25) is 0 Å². The van der Waals surface area contributed by atoms with E-state index in [9.17, 15) is 26.0 Å². The molecule has 0 aromatic heterocycles. The normalized spacial score (nSPS) is 11.8. The summed E-state index contributed by atoms with van der Waals surface area (Å²) < 4.78 is 75.7. The minimum atomic E-state index is -4.61. The molecule has 0 heterocycles. The Morgan fingerprint density at radius 2 is 1.50 bits per heavy atom. The highest BCUT2D eigenvalue weighted by Gasteiger charge is 2.26. The second-order valence-electron chi connectivity index (χ2n) is 4.71. The molecule has 0 unspecified atom stereocenters. The van der Waals surface area contributed by atoms with E-state index in [4.69, 9.17) is 0 Å². The fourth-order valence-electron chi connectivity index (χ4n) is 1.86. The maximum absolute atomic E-state index is 12.4. The van der Waals surface area contributed by atoms with Crippen molar-refractivity contribution in [3.8, 4) is 5.75 Å². The summed E-state index contributed by atoms with van der Waals surface area (Å²) in [5.41, 5.74) is 1.29. The quantitative estimate of drug-likeness (QED) is 0.758. The molecule has 9 heteroatoms. The first-order valence-corrected chi connectivity index (χ1v) is 8.23. The van der Waals surface area contributed by atoms with E-state index in [0.717, 1.165) is 17.7 Å². The van der Waals surface area contributed by atoms with Crippen molar-refractivity contribution in [1.29, 1.82) is 0 Å². The molecule has 0 spiro atoms. The Morgan fingerprint density at radius 3 is 2.00 bits per heavy atom. The molecule has 24 heavy (non-hydrogen) atoms. The first-order chi connectivity index (χ1) is 11.3.